The van der Waals surface area contributed by atoms with Gasteiger partial charge in [-0.1, -0.05) is 0 Å². The second-order valence-electron chi connectivity index (χ2n) is 5.42. The summed E-state index contributed by atoms with van der Waals surface area (Å²) in [7, 11) is 0. The highest BCUT2D eigenvalue weighted by atomic mass is 32.1. The number of rotatable bonds is 2. The molecule has 1 aliphatic heterocycles. The van der Waals surface area contributed by atoms with E-state index < -0.39 is 0 Å². The molecule has 20 heavy (non-hydrogen) atoms. The summed E-state index contributed by atoms with van der Waals surface area (Å²) in [4.78, 5) is 18.0. The lowest BCUT2D eigenvalue weighted by atomic mass is 10.0. The van der Waals surface area contributed by atoms with Crippen LogP contribution in [0.2, 0.25) is 0 Å². The molecule has 2 aromatic heterocycles. The van der Waals surface area contributed by atoms with Gasteiger partial charge in [0.2, 0.25) is 0 Å². The average molecular weight is 310 g/mol. The first-order valence-corrected chi connectivity index (χ1v) is 8.11. The summed E-state index contributed by atoms with van der Waals surface area (Å²) >= 11 is 6.96. The number of aromatic amines is 1. The molecule has 3 heterocycles. The van der Waals surface area contributed by atoms with E-state index >= 15 is 0 Å². The van der Waals surface area contributed by atoms with E-state index in [0.29, 0.717) is 17.2 Å². The van der Waals surface area contributed by atoms with Gasteiger partial charge in [-0.25, -0.2) is 0 Å². The fourth-order valence-electron chi connectivity index (χ4n) is 2.74. The molecule has 0 aliphatic carbocycles. The molecule has 1 saturated heterocycles. The van der Waals surface area contributed by atoms with E-state index in [1.807, 2.05) is 13.8 Å². The van der Waals surface area contributed by atoms with Crippen molar-refractivity contribution in [2.24, 2.45) is 5.92 Å². The minimum absolute atomic E-state index is 0.0381. The Bertz CT molecular complexity index is 751. The largest absolute Gasteiger partial charge is 0.381 e. The molecule has 108 valence electrons. The van der Waals surface area contributed by atoms with Crippen LogP contribution in [0.25, 0.3) is 10.2 Å². The molecule has 1 atom stereocenters. The van der Waals surface area contributed by atoms with Crippen molar-refractivity contribution in [3.8, 4) is 0 Å². The predicted octanol–water partition coefficient (Wildman–Crippen LogP) is 3.16. The first-order chi connectivity index (χ1) is 9.58. The lowest BCUT2D eigenvalue weighted by molar-refractivity contribution is 0.0478. The molecule has 0 radical (unpaired) electrons. The Balaban J connectivity index is 2.08. The van der Waals surface area contributed by atoms with E-state index in [2.05, 4.69) is 4.98 Å². The van der Waals surface area contributed by atoms with Gasteiger partial charge in [0, 0.05) is 23.9 Å². The minimum atomic E-state index is 0.0381. The van der Waals surface area contributed by atoms with Gasteiger partial charge in [0.25, 0.3) is 5.56 Å². The van der Waals surface area contributed by atoms with Crippen molar-refractivity contribution in [1.29, 1.82) is 0 Å². The van der Waals surface area contributed by atoms with Crippen LogP contribution in [0.3, 0.4) is 0 Å². The Kier molecular flexibility index (Phi) is 3.79. The third kappa shape index (κ3) is 2.36. The van der Waals surface area contributed by atoms with Gasteiger partial charge in [0.1, 0.15) is 4.83 Å². The summed E-state index contributed by atoms with van der Waals surface area (Å²) in [5.74, 6) is 0.383. The van der Waals surface area contributed by atoms with Crippen LogP contribution in [0, 0.1) is 24.5 Å². The molecular formula is C14H18N2O2S2. The van der Waals surface area contributed by atoms with Gasteiger partial charge >= 0.3 is 0 Å². The van der Waals surface area contributed by atoms with Gasteiger partial charge in [0.15, 0.2) is 4.77 Å². The van der Waals surface area contributed by atoms with Crippen LogP contribution >= 0.6 is 23.6 Å². The van der Waals surface area contributed by atoms with E-state index in [0.717, 1.165) is 41.8 Å². The number of aryl methyl sites for hydroxylation is 2. The smallest absolute Gasteiger partial charge is 0.263 e. The Morgan fingerprint density at radius 1 is 1.50 bits per heavy atom. The van der Waals surface area contributed by atoms with Crippen molar-refractivity contribution >= 4 is 33.8 Å². The summed E-state index contributed by atoms with van der Waals surface area (Å²) in [5.41, 5.74) is 1.10. The normalized spacial score (nSPS) is 19.6. The highest BCUT2D eigenvalue weighted by Gasteiger charge is 2.18. The summed E-state index contributed by atoms with van der Waals surface area (Å²) < 4.78 is 7.72. The van der Waals surface area contributed by atoms with E-state index in [-0.39, 0.29) is 5.56 Å². The fraction of sp³-hybridized carbons (Fsp3) is 0.571. The highest BCUT2D eigenvalue weighted by molar-refractivity contribution is 7.71. The zero-order chi connectivity index (χ0) is 14.3. The molecule has 0 saturated carbocycles. The monoisotopic (exact) mass is 310 g/mol. The van der Waals surface area contributed by atoms with E-state index in [9.17, 15) is 4.79 Å². The maximum absolute atomic E-state index is 12.7. The summed E-state index contributed by atoms with van der Waals surface area (Å²) in [6.45, 7) is 6.25. The second-order valence-corrected chi connectivity index (χ2v) is 7.03. The molecule has 6 heteroatoms. The number of fused-ring (bicyclic) bond motifs is 1. The minimum Gasteiger partial charge on any atom is -0.381 e. The molecule has 1 fully saturated rings. The van der Waals surface area contributed by atoms with E-state index in [1.165, 1.54) is 4.88 Å². The molecular weight excluding hydrogens is 292 g/mol. The zero-order valence-electron chi connectivity index (χ0n) is 11.7. The third-order valence-electron chi connectivity index (χ3n) is 4.01. The van der Waals surface area contributed by atoms with Crippen LogP contribution in [0.5, 0.6) is 0 Å². The van der Waals surface area contributed by atoms with Crippen LogP contribution in [0.15, 0.2) is 4.79 Å². The summed E-state index contributed by atoms with van der Waals surface area (Å²) in [6.07, 6.45) is 2.16. The van der Waals surface area contributed by atoms with Crippen molar-refractivity contribution in [3.63, 3.8) is 0 Å². The number of nitrogens with zero attached hydrogens (tertiary/aromatic N) is 1. The van der Waals surface area contributed by atoms with Crippen molar-refractivity contribution in [2.75, 3.05) is 13.2 Å². The SMILES string of the molecule is Cc1sc2[nH]c(=S)n(CC3CCCOC3)c(=O)c2c1C. The lowest BCUT2D eigenvalue weighted by Gasteiger charge is -2.22. The summed E-state index contributed by atoms with van der Waals surface area (Å²) in [5, 5.41) is 0.790. The van der Waals surface area contributed by atoms with Crippen LogP contribution in [-0.2, 0) is 11.3 Å². The third-order valence-corrected chi connectivity index (χ3v) is 5.45. The molecule has 4 nitrogen and oxygen atoms in total. The average Bonchev–Trinajstić information content (AvgIpc) is 2.71. The predicted molar refractivity (Wildman–Crippen MR) is 84.3 cm³/mol. The van der Waals surface area contributed by atoms with E-state index in [1.54, 1.807) is 15.9 Å². The van der Waals surface area contributed by atoms with Crippen molar-refractivity contribution < 1.29 is 4.74 Å². The molecule has 1 N–H and O–H groups in total. The maximum Gasteiger partial charge on any atom is 0.263 e. The first-order valence-electron chi connectivity index (χ1n) is 6.88. The summed E-state index contributed by atoms with van der Waals surface area (Å²) in [6, 6.07) is 0. The fourth-order valence-corrected chi connectivity index (χ4v) is 4.12. The standard InChI is InChI=1S/C14H18N2O2S2/c1-8-9(2)20-12-11(8)13(17)16(14(19)15-12)6-10-4-3-5-18-7-10/h10H,3-7H2,1-2H3,(H,15,19). The Morgan fingerprint density at radius 3 is 3.00 bits per heavy atom. The van der Waals surface area contributed by atoms with Gasteiger partial charge < -0.3 is 9.72 Å². The van der Waals surface area contributed by atoms with Crippen molar-refractivity contribution in [2.45, 2.75) is 33.2 Å². The maximum atomic E-state index is 12.7. The molecule has 3 rings (SSSR count). The Labute approximate surface area is 126 Å². The second kappa shape index (κ2) is 5.42. The number of aromatic nitrogens is 2. The lowest BCUT2D eigenvalue weighted by Crippen LogP contribution is -2.29. The van der Waals surface area contributed by atoms with Crippen LogP contribution < -0.4 is 5.56 Å². The molecule has 0 spiro atoms. The topological polar surface area (TPSA) is 47.0 Å². The van der Waals surface area contributed by atoms with Crippen LogP contribution in [0.4, 0.5) is 0 Å². The molecule has 2 aromatic rings. The van der Waals surface area contributed by atoms with Crippen molar-refractivity contribution in [1.82, 2.24) is 9.55 Å². The van der Waals surface area contributed by atoms with Gasteiger partial charge in [-0.15, -0.1) is 11.3 Å². The molecule has 1 unspecified atom stereocenters. The number of hydrogen-bond donors (Lipinski definition) is 1. The molecule has 1 aliphatic rings. The van der Waals surface area contributed by atoms with E-state index in [4.69, 9.17) is 17.0 Å². The first kappa shape index (κ1) is 14.0. The highest BCUT2D eigenvalue weighted by Crippen LogP contribution is 2.26. The molecule has 0 aromatic carbocycles. The number of H-pyrrole nitrogens is 1. The Morgan fingerprint density at radius 2 is 2.30 bits per heavy atom. The number of thiophene rings is 1. The zero-order valence-corrected chi connectivity index (χ0v) is 13.3. The number of nitrogens with one attached hydrogen (secondary N) is 1. The molecule has 0 bridgehead atoms. The van der Waals surface area contributed by atoms with Gasteiger partial charge in [-0.3, -0.25) is 9.36 Å². The quantitative estimate of drug-likeness (QED) is 0.867. The van der Waals surface area contributed by atoms with Crippen LogP contribution in [-0.4, -0.2) is 22.8 Å². The van der Waals surface area contributed by atoms with Gasteiger partial charge in [-0.05, 0) is 44.5 Å². The molecule has 0 amide bonds. The van der Waals surface area contributed by atoms with Gasteiger partial charge in [-0.2, -0.15) is 0 Å². The number of ether oxygens (including phenoxy) is 1. The Hall–Kier alpha value is -0.980. The van der Waals surface area contributed by atoms with Gasteiger partial charge in [0.05, 0.1) is 12.0 Å². The van der Waals surface area contributed by atoms with Crippen LogP contribution in [0.1, 0.15) is 23.3 Å². The number of hydrogen-bond acceptors (Lipinski definition) is 4. The van der Waals surface area contributed by atoms with Crippen molar-refractivity contribution in [3.05, 3.63) is 25.6 Å².